The number of esters is 1. The SMILES string of the molecule is Cc1noc(C)c1COc1cccc(C(=O)OCC(=O)NCC(=O)NC(C)C)c1. The first kappa shape index (κ1) is 21.9. The molecular formula is C20H25N3O6. The van der Waals surface area contributed by atoms with E-state index in [-0.39, 0.29) is 30.7 Å². The molecule has 2 N–H and O–H groups in total. The van der Waals surface area contributed by atoms with Crippen molar-refractivity contribution in [2.45, 2.75) is 40.3 Å². The molecular weight excluding hydrogens is 378 g/mol. The number of ether oxygens (including phenoxy) is 2. The summed E-state index contributed by atoms with van der Waals surface area (Å²) in [7, 11) is 0. The van der Waals surface area contributed by atoms with Gasteiger partial charge in [-0.3, -0.25) is 9.59 Å². The van der Waals surface area contributed by atoms with Crippen molar-refractivity contribution in [1.29, 1.82) is 0 Å². The number of hydrogen-bond acceptors (Lipinski definition) is 7. The lowest BCUT2D eigenvalue weighted by molar-refractivity contribution is -0.128. The molecule has 0 radical (unpaired) electrons. The summed E-state index contributed by atoms with van der Waals surface area (Å²) in [5.74, 6) is -0.416. The number of nitrogens with zero attached hydrogens (tertiary/aromatic N) is 1. The highest BCUT2D eigenvalue weighted by Gasteiger charge is 2.13. The lowest BCUT2D eigenvalue weighted by Crippen LogP contribution is -2.41. The number of benzene rings is 1. The van der Waals surface area contributed by atoms with Gasteiger partial charge in [-0.05, 0) is 45.9 Å². The number of carbonyl (C=O) groups excluding carboxylic acids is 3. The van der Waals surface area contributed by atoms with Crippen LogP contribution in [0.4, 0.5) is 0 Å². The normalized spacial score (nSPS) is 10.5. The Bertz CT molecular complexity index is 855. The maximum Gasteiger partial charge on any atom is 0.338 e. The molecule has 9 nitrogen and oxygen atoms in total. The van der Waals surface area contributed by atoms with Crippen LogP contribution in [0, 0.1) is 13.8 Å². The molecule has 0 spiro atoms. The van der Waals surface area contributed by atoms with Gasteiger partial charge < -0.3 is 24.6 Å². The number of nitrogens with one attached hydrogen (secondary N) is 2. The average molecular weight is 403 g/mol. The molecule has 9 heteroatoms. The van der Waals surface area contributed by atoms with Gasteiger partial charge in [-0.25, -0.2) is 4.79 Å². The molecule has 1 heterocycles. The van der Waals surface area contributed by atoms with Crippen LogP contribution >= 0.6 is 0 Å². The van der Waals surface area contributed by atoms with E-state index in [2.05, 4.69) is 15.8 Å². The van der Waals surface area contributed by atoms with Gasteiger partial charge in [0.1, 0.15) is 18.1 Å². The van der Waals surface area contributed by atoms with E-state index in [4.69, 9.17) is 14.0 Å². The molecule has 1 aromatic heterocycles. The Morgan fingerprint density at radius 3 is 2.59 bits per heavy atom. The first-order valence-corrected chi connectivity index (χ1v) is 9.14. The Morgan fingerprint density at radius 1 is 1.17 bits per heavy atom. The van der Waals surface area contributed by atoms with Crippen molar-refractivity contribution in [3.8, 4) is 5.75 Å². The first-order valence-electron chi connectivity index (χ1n) is 9.14. The molecule has 0 aliphatic rings. The van der Waals surface area contributed by atoms with E-state index < -0.39 is 18.5 Å². The van der Waals surface area contributed by atoms with E-state index in [0.717, 1.165) is 11.3 Å². The number of carbonyl (C=O) groups is 3. The largest absolute Gasteiger partial charge is 0.489 e. The van der Waals surface area contributed by atoms with Gasteiger partial charge in [0, 0.05) is 6.04 Å². The molecule has 0 atom stereocenters. The third-order valence-corrected chi connectivity index (χ3v) is 3.86. The molecule has 0 aliphatic heterocycles. The summed E-state index contributed by atoms with van der Waals surface area (Å²) >= 11 is 0. The lowest BCUT2D eigenvalue weighted by Gasteiger charge is -2.10. The van der Waals surface area contributed by atoms with Gasteiger partial charge >= 0.3 is 5.97 Å². The molecule has 2 amide bonds. The predicted molar refractivity (Wildman–Crippen MR) is 103 cm³/mol. The molecule has 1 aromatic carbocycles. The highest BCUT2D eigenvalue weighted by Crippen LogP contribution is 2.19. The minimum atomic E-state index is -0.672. The van der Waals surface area contributed by atoms with Crippen LogP contribution in [0.15, 0.2) is 28.8 Å². The Kier molecular flexibility index (Phi) is 7.76. The molecule has 0 saturated carbocycles. The van der Waals surface area contributed by atoms with Crippen molar-refractivity contribution in [2.24, 2.45) is 0 Å². The van der Waals surface area contributed by atoms with Crippen molar-refractivity contribution in [3.63, 3.8) is 0 Å². The predicted octanol–water partition coefficient (Wildman–Crippen LogP) is 1.67. The van der Waals surface area contributed by atoms with Crippen LogP contribution in [0.1, 0.15) is 41.2 Å². The molecule has 0 aliphatic carbocycles. The summed E-state index contributed by atoms with van der Waals surface area (Å²) in [5.41, 5.74) is 1.83. The van der Waals surface area contributed by atoms with Crippen LogP contribution in [-0.4, -0.2) is 42.1 Å². The minimum Gasteiger partial charge on any atom is -0.489 e. The molecule has 29 heavy (non-hydrogen) atoms. The molecule has 156 valence electrons. The zero-order valence-corrected chi connectivity index (χ0v) is 16.9. The maximum atomic E-state index is 12.2. The van der Waals surface area contributed by atoms with Crippen molar-refractivity contribution in [3.05, 3.63) is 46.8 Å². The summed E-state index contributed by atoms with van der Waals surface area (Å²) in [6, 6.07) is 6.40. The monoisotopic (exact) mass is 403 g/mol. The fraction of sp³-hybridized carbons (Fsp3) is 0.400. The van der Waals surface area contributed by atoms with Gasteiger partial charge in [0.2, 0.25) is 5.91 Å². The van der Waals surface area contributed by atoms with E-state index in [1.54, 1.807) is 25.1 Å². The maximum absolute atomic E-state index is 12.2. The van der Waals surface area contributed by atoms with Gasteiger partial charge in [0.05, 0.1) is 23.4 Å². The molecule has 0 unspecified atom stereocenters. The zero-order valence-electron chi connectivity index (χ0n) is 16.9. The van der Waals surface area contributed by atoms with Gasteiger partial charge in [0.25, 0.3) is 5.91 Å². The number of aromatic nitrogens is 1. The van der Waals surface area contributed by atoms with Gasteiger partial charge in [-0.15, -0.1) is 0 Å². The number of rotatable bonds is 9. The van der Waals surface area contributed by atoms with Crippen LogP contribution in [0.5, 0.6) is 5.75 Å². The minimum absolute atomic E-state index is 0.0238. The number of aryl methyl sites for hydroxylation is 2. The molecule has 0 saturated heterocycles. The fourth-order valence-corrected chi connectivity index (χ4v) is 2.39. The van der Waals surface area contributed by atoms with E-state index in [0.29, 0.717) is 11.5 Å². The van der Waals surface area contributed by atoms with Gasteiger partial charge in [-0.2, -0.15) is 0 Å². The quantitative estimate of drug-likeness (QED) is 0.611. The summed E-state index contributed by atoms with van der Waals surface area (Å²) in [4.78, 5) is 35.4. The van der Waals surface area contributed by atoms with Gasteiger partial charge in [-0.1, -0.05) is 11.2 Å². The van der Waals surface area contributed by atoms with Crippen LogP contribution in [0.3, 0.4) is 0 Å². The van der Waals surface area contributed by atoms with E-state index in [1.807, 2.05) is 20.8 Å². The Morgan fingerprint density at radius 2 is 1.93 bits per heavy atom. The Hall–Kier alpha value is -3.36. The summed E-state index contributed by atoms with van der Waals surface area (Å²) < 4.78 is 15.8. The van der Waals surface area contributed by atoms with E-state index in [9.17, 15) is 14.4 Å². The third-order valence-electron chi connectivity index (χ3n) is 3.86. The van der Waals surface area contributed by atoms with Crippen molar-refractivity contribution < 1.29 is 28.4 Å². The van der Waals surface area contributed by atoms with Crippen LogP contribution in [0.25, 0.3) is 0 Å². The second-order valence-corrected chi connectivity index (χ2v) is 6.69. The Balaban J connectivity index is 1.82. The van der Waals surface area contributed by atoms with Crippen LogP contribution in [-0.2, 0) is 20.9 Å². The third kappa shape index (κ3) is 6.95. The van der Waals surface area contributed by atoms with E-state index >= 15 is 0 Å². The molecule has 0 fully saturated rings. The second-order valence-electron chi connectivity index (χ2n) is 6.69. The molecule has 2 aromatic rings. The van der Waals surface area contributed by atoms with Crippen LogP contribution in [0.2, 0.25) is 0 Å². The summed E-state index contributed by atoms with van der Waals surface area (Å²) in [6.07, 6.45) is 0. The summed E-state index contributed by atoms with van der Waals surface area (Å²) in [6.45, 7) is 6.82. The second kappa shape index (κ2) is 10.3. The average Bonchev–Trinajstić information content (AvgIpc) is 3.00. The fourth-order valence-electron chi connectivity index (χ4n) is 2.39. The van der Waals surface area contributed by atoms with Crippen molar-refractivity contribution in [2.75, 3.05) is 13.2 Å². The standard InChI is InChI=1S/C20H25N3O6/c1-12(2)22-18(24)9-21-19(25)11-28-20(26)15-6-5-7-16(8-15)27-10-17-13(3)23-29-14(17)4/h5-8,12H,9-11H2,1-4H3,(H,21,25)(H,22,24). The van der Waals surface area contributed by atoms with Crippen molar-refractivity contribution >= 4 is 17.8 Å². The highest BCUT2D eigenvalue weighted by molar-refractivity contribution is 5.92. The number of hydrogen-bond donors (Lipinski definition) is 2. The molecule has 0 bridgehead atoms. The van der Waals surface area contributed by atoms with E-state index in [1.165, 1.54) is 6.07 Å². The highest BCUT2D eigenvalue weighted by atomic mass is 16.5. The topological polar surface area (TPSA) is 120 Å². The zero-order chi connectivity index (χ0) is 21.4. The first-order chi connectivity index (χ1) is 13.8. The summed E-state index contributed by atoms with van der Waals surface area (Å²) in [5, 5.41) is 8.89. The van der Waals surface area contributed by atoms with Gasteiger partial charge in [0.15, 0.2) is 6.61 Å². The van der Waals surface area contributed by atoms with Crippen molar-refractivity contribution in [1.82, 2.24) is 15.8 Å². The Labute approximate surface area is 168 Å². The van der Waals surface area contributed by atoms with Crippen LogP contribution < -0.4 is 15.4 Å². The lowest BCUT2D eigenvalue weighted by atomic mass is 10.2. The number of amides is 2. The molecule has 2 rings (SSSR count). The smallest absolute Gasteiger partial charge is 0.338 e.